The number of allylic oxidation sites excluding steroid dienone is 1. The molecule has 0 saturated carbocycles. The fourth-order valence-corrected chi connectivity index (χ4v) is 0.994. The van der Waals surface area contributed by atoms with Gasteiger partial charge in [-0.15, -0.1) is 0 Å². The summed E-state index contributed by atoms with van der Waals surface area (Å²) in [5.74, 6) is -1.83. The first-order valence-electron chi connectivity index (χ1n) is 4.11. The molecule has 0 atom stereocenters. The van der Waals surface area contributed by atoms with E-state index in [1.165, 1.54) is 6.20 Å². The van der Waals surface area contributed by atoms with E-state index in [0.717, 1.165) is 0 Å². The van der Waals surface area contributed by atoms with Gasteiger partial charge in [0.15, 0.2) is 0 Å². The standard InChI is InChI=1S/C8H10F3NO2/c9-8(10,11)7(13)1-2-12-3-5-14-6-4-12/h1-2H,3-6H2/b2-1+. The number of carbonyl (C=O) groups is 1. The van der Waals surface area contributed by atoms with Crippen molar-refractivity contribution in [2.75, 3.05) is 26.3 Å². The normalized spacial score (nSPS) is 18.9. The van der Waals surface area contributed by atoms with E-state index in [-0.39, 0.29) is 0 Å². The highest BCUT2D eigenvalue weighted by molar-refractivity contribution is 5.94. The average molecular weight is 209 g/mol. The molecule has 3 nitrogen and oxygen atoms in total. The van der Waals surface area contributed by atoms with Gasteiger partial charge in [-0.2, -0.15) is 13.2 Å². The average Bonchev–Trinajstić information content (AvgIpc) is 2.14. The molecule has 1 fully saturated rings. The second-order valence-electron chi connectivity index (χ2n) is 2.83. The summed E-state index contributed by atoms with van der Waals surface area (Å²) in [5.41, 5.74) is 0. The van der Waals surface area contributed by atoms with Crippen molar-refractivity contribution in [3.05, 3.63) is 12.3 Å². The number of carbonyl (C=O) groups excluding carboxylic acids is 1. The summed E-state index contributed by atoms with van der Waals surface area (Å²) in [4.78, 5) is 12.1. The van der Waals surface area contributed by atoms with E-state index in [0.29, 0.717) is 32.4 Å². The molecule has 0 aromatic heterocycles. The van der Waals surface area contributed by atoms with Gasteiger partial charge in [0.25, 0.3) is 5.78 Å². The SMILES string of the molecule is O=C(/C=C/N1CCOCC1)C(F)(F)F. The third-order valence-electron chi connectivity index (χ3n) is 1.76. The van der Waals surface area contributed by atoms with Gasteiger partial charge in [-0.1, -0.05) is 0 Å². The van der Waals surface area contributed by atoms with E-state index in [1.54, 1.807) is 4.90 Å². The molecule has 0 amide bonds. The van der Waals surface area contributed by atoms with Crippen molar-refractivity contribution in [1.82, 2.24) is 4.90 Å². The Morgan fingerprint density at radius 3 is 2.36 bits per heavy atom. The summed E-state index contributed by atoms with van der Waals surface area (Å²) in [5, 5.41) is 0. The van der Waals surface area contributed by atoms with E-state index in [1.807, 2.05) is 0 Å². The van der Waals surface area contributed by atoms with E-state index < -0.39 is 12.0 Å². The highest BCUT2D eigenvalue weighted by Crippen LogP contribution is 2.16. The highest BCUT2D eigenvalue weighted by Gasteiger charge is 2.36. The number of hydrogen-bond acceptors (Lipinski definition) is 3. The van der Waals surface area contributed by atoms with Crippen LogP contribution in [0.4, 0.5) is 13.2 Å². The summed E-state index contributed by atoms with van der Waals surface area (Å²) in [6.45, 7) is 1.98. The number of rotatable bonds is 2. The maximum atomic E-state index is 11.8. The van der Waals surface area contributed by atoms with Crippen LogP contribution in [0.2, 0.25) is 0 Å². The Morgan fingerprint density at radius 2 is 1.86 bits per heavy atom. The molecule has 1 aliphatic rings. The minimum Gasteiger partial charge on any atom is -0.378 e. The second kappa shape index (κ2) is 4.45. The molecule has 0 bridgehead atoms. The van der Waals surface area contributed by atoms with Crippen LogP contribution in [0.25, 0.3) is 0 Å². The minimum atomic E-state index is -4.78. The summed E-state index contributed by atoms with van der Waals surface area (Å²) in [6, 6.07) is 0. The van der Waals surface area contributed by atoms with Crippen LogP contribution >= 0.6 is 0 Å². The van der Waals surface area contributed by atoms with Gasteiger partial charge in [0.2, 0.25) is 0 Å². The van der Waals surface area contributed by atoms with Crippen LogP contribution in [0.3, 0.4) is 0 Å². The fourth-order valence-electron chi connectivity index (χ4n) is 0.994. The molecule has 0 unspecified atom stereocenters. The zero-order chi connectivity index (χ0) is 10.6. The van der Waals surface area contributed by atoms with Crippen LogP contribution in [-0.4, -0.2) is 43.2 Å². The Balaban J connectivity index is 2.42. The number of ketones is 1. The lowest BCUT2D eigenvalue weighted by Gasteiger charge is -2.24. The molecule has 14 heavy (non-hydrogen) atoms. The first-order valence-corrected chi connectivity index (χ1v) is 4.11. The van der Waals surface area contributed by atoms with Crippen LogP contribution < -0.4 is 0 Å². The predicted octanol–water partition coefficient (Wildman–Crippen LogP) is 0.964. The zero-order valence-corrected chi connectivity index (χ0v) is 7.38. The molecule has 0 spiro atoms. The summed E-state index contributed by atoms with van der Waals surface area (Å²) in [7, 11) is 0. The molecule has 0 radical (unpaired) electrons. The Labute approximate surface area is 79.1 Å². The molecule has 1 saturated heterocycles. The van der Waals surface area contributed by atoms with Gasteiger partial charge >= 0.3 is 6.18 Å². The van der Waals surface area contributed by atoms with Crippen molar-refractivity contribution in [2.45, 2.75) is 6.18 Å². The molecule has 0 aromatic rings. The maximum Gasteiger partial charge on any atom is 0.454 e. The lowest BCUT2D eigenvalue weighted by Crippen LogP contribution is -2.32. The van der Waals surface area contributed by atoms with Gasteiger partial charge < -0.3 is 9.64 Å². The Morgan fingerprint density at radius 1 is 1.29 bits per heavy atom. The minimum absolute atomic E-state index is 0.477. The number of morpholine rings is 1. The Kier molecular flexibility index (Phi) is 3.51. The van der Waals surface area contributed by atoms with Crippen molar-refractivity contribution < 1.29 is 22.7 Å². The third kappa shape index (κ3) is 3.37. The molecule has 80 valence electrons. The third-order valence-corrected chi connectivity index (χ3v) is 1.76. The van der Waals surface area contributed by atoms with Gasteiger partial charge in [-0.25, -0.2) is 0 Å². The molecule has 6 heteroatoms. The maximum absolute atomic E-state index is 11.8. The van der Waals surface area contributed by atoms with Gasteiger partial charge in [0.05, 0.1) is 13.2 Å². The van der Waals surface area contributed by atoms with Crippen molar-refractivity contribution in [3.8, 4) is 0 Å². The monoisotopic (exact) mass is 209 g/mol. The molecule has 1 rings (SSSR count). The summed E-state index contributed by atoms with van der Waals surface area (Å²) >= 11 is 0. The number of halogens is 3. The lowest BCUT2D eigenvalue weighted by atomic mass is 10.3. The molecule has 1 heterocycles. The molecular formula is C8H10F3NO2. The molecule has 1 aliphatic heterocycles. The number of ether oxygens (including phenoxy) is 1. The molecule has 0 aliphatic carbocycles. The van der Waals surface area contributed by atoms with Gasteiger partial charge in [0, 0.05) is 25.4 Å². The van der Waals surface area contributed by atoms with Gasteiger partial charge in [0.1, 0.15) is 0 Å². The van der Waals surface area contributed by atoms with Gasteiger partial charge in [-0.05, 0) is 0 Å². The van der Waals surface area contributed by atoms with E-state index >= 15 is 0 Å². The summed E-state index contributed by atoms with van der Waals surface area (Å²) in [6.07, 6.45) is -3.06. The topological polar surface area (TPSA) is 29.5 Å². The Hall–Kier alpha value is -1.04. The quantitative estimate of drug-likeness (QED) is 0.634. The van der Waals surface area contributed by atoms with E-state index in [2.05, 4.69) is 0 Å². The zero-order valence-electron chi connectivity index (χ0n) is 7.38. The smallest absolute Gasteiger partial charge is 0.378 e. The first-order chi connectivity index (χ1) is 6.50. The molecular weight excluding hydrogens is 199 g/mol. The lowest BCUT2D eigenvalue weighted by molar-refractivity contribution is -0.165. The van der Waals surface area contributed by atoms with Crippen molar-refractivity contribution in [1.29, 1.82) is 0 Å². The van der Waals surface area contributed by atoms with Crippen LogP contribution in [0, 0.1) is 0 Å². The van der Waals surface area contributed by atoms with Crippen LogP contribution in [0.1, 0.15) is 0 Å². The highest BCUT2D eigenvalue weighted by atomic mass is 19.4. The largest absolute Gasteiger partial charge is 0.454 e. The number of alkyl halides is 3. The first kappa shape index (κ1) is 11.0. The van der Waals surface area contributed by atoms with Crippen LogP contribution in [-0.2, 0) is 9.53 Å². The number of hydrogen-bond donors (Lipinski definition) is 0. The van der Waals surface area contributed by atoms with Crippen molar-refractivity contribution in [2.24, 2.45) is 0 Å². The van der Waals surface area contributed by atoms with E-state index in [9.17, 15) is 18.0 Å². The predicted molar refractivity (Wildman–Crippen MR) is 42.6 cm³/mol. The van der Waals surface area contributed by atoms with Crippen molar-refractivity contribution in [3.63, 3.8) is 0 Å². The van der Waals surface area contributed by atoms with Crippen LogP contribution in [0.5, 0.6) is 0 Å². The molecule has 0 N–H and O–H groups in total. The van der Waals surface area contributed by atoms with Gasteiger partial charge in [-0.3, -0.25) is 4.79 Å². The molecule has 0 aromatic carbocycles. The fraction of sp³-hybridized carbons (Fsp3) is 0.625. The second-order valence-corrected chi connectivity index (χ2v) is 2.83. The number of nitrogens with zero attached hydrogens (tertiary/aromatic N) is 1. The van der Waals surface area contributed by atoms with E-state index in [4.69, 9.17) is 4.74 Å². The Bertz CT molecular complexity index is 231. The van der Waals surface area contributed by atoms with Crippen molar-refractivity contribution >= 4 is 5.78 Å². The summed E-state index contributed by atoms with van der Waals surface area (Å²) < 4.78 is 40.3. The van der Waals surface area contributed by atoms with Crippen LogP contribution in [0.15, 0.2) is 12.3 Å².